The van der Waals surface area contributed by atoms with Crippen molar-refractivity contribution >= 4 is 11.9 Å². The smallest absolute Gasteiger partial charge is 0.342 e. The van der Waals surface area contributed by atoms with Gasteiger partial charge in [-0.15, -0.1) is 0 Å². The summed E-state index contributed by atoms with van der Waals surface area (Å²) < 4.78 is 20.7. The summed E-state index contributed by atoms with van der Waals surface area (Å²) in [4.78, 5) is 24.5. The standard InChI is InChI=1S/C20H23NO6/c1-13(14-8-6-5-7-9-14)21-19(22)12-27-20(23)15-10-17(25-3)18(26-4)11-16(15)24-2/h5-11,13H,12H2,1-4H3,(H,21,22). The van der Waals surface area contributed by atoms with Crippen LogP contribution < -0.4 is 19.5 Å². The highest BCUT2D eigenvalue weighted by Gasteiger charge is 2.20. The van der Waals surface area contributed by atoms with E-state index in [1.54, 1.807) is 0 Å². The second-order valence-electron chi connectivity index (χ2n) is 5.68. The average Bonchev–Trinajstić information content (AvgIpc) is 2.71. The minimum Gasteiger partial charge on any atom is -0.496 e. The third kappa shape index (κ3) is 5.13. The zero-order chi connectivity index (χ0) is 19.8. The molecule has 0 bridgehead atoms. The molecule has 1 atom stereocenters. The molecule has 0 fully saturated rings. The Morgan fingerprint density at radius 1 is 0.926 bits per heavy atom. The van der Waals surface area contributed by atoms with Crippen molar-refractivity contribution in [3.05, 3.63) is 53.6 Å². The van der Waals surface area contributed by atoms with Crippen LogP contribution in [0.25, 0.3) is 0 Å². The van der Waals surface area contributed by atoms with Crippen LogP contribution in [0.5, 0.6) is 17.2 Å². The van der Waals surface area contributed by atoms with Gasteiger partial charge in [0.2, 0.25) is 0 Å². The first-order valence-electron chi connectivity index (χ1n) is 8.31. The van der Waals surface area contributed by atoms with E-state index < -0.39 is 18.5 Å². The fourth-order valence-electron chi connectivity index (χ4n) is 2.51. The predicted octanol–water partition coefficient (Wildman–Crippen LogP) is 2.75. The molecule has 1 unspecified atom stereocenters. The predicted molar refractivity (Wildman–Crippen MR) is 99.4 cm³/mol. The molecule has 2 aromatic carbocycles. The topological polar surface area (TPSA) is 83.1 Å². The van der Waals surface area contributed by atoms with Crippen molar-refractivity contribution in [2.24, 2.45) is 0 Å². The van der Waals surface area contributed by atoms with Crippen molar-refractivity contribution in [2.45, 2.75) is 13.0 Å². The zero-order valence-electron chi connectivity index (χ0n) is 15.8. The van der Waals surface area contributed by atoms with Gasteiger partial charge in [-0.2, -0.15) is 0 Å². The van der Waals surface area contributed by atoms with E-state index in [1.807, 2.05) is 37.3 Å². The van der Waals surface area contributed by atoms with Crippen LogP contribution in [0.2, 0.25) is 0 Å². The summed E-state index contributed by atoms with van der Waals surface area (Å²) in [5.74, 6) is -0.0714. The van der Waals surface area contributed by atoms with Crippen molar-refractivity contribution < 1.29 is 28.5 Å². The number of benzene rings is 2. The maximum atomic E-state index is 12.4. The third-order valence-corrected chi connectivity index (χ3v) is 3.94. The molecular formula is C20H23NO6. The van der Waals surface area contributed by atoms with Gasteiger partial charge in [0.15, 0.2) is 18.1 Å². The van der Waals surface area contributed by atoms with Gasteiger partial charge in [-0.05, 0) is 12.5 Å². The molecule has 0 aliphatic rings. The Morgan fingerprint density at radius 2 is 1.52 bits per heavy atom. The maximum absolute atomic E-state index is 12.4. The number of rotatable bonds is 8. The Kier molecular flexibility index (Phi) is 7.05. The minimum absolute atomic E-state index is 0.138. The Labute approximate surface area is 158 Å². The van der Waals surface area contributed by atoms with Crippen LogP contribution in [-0.2, 0) is 9.53 Å². The number of methoxy groups -OCH3 is 3. The normalized spacial score (nSPS) is 11.3. The van der Waals surface area contributed by atoms with Gasteiger partial charge in [0.1, 0.15) is 11.3 Å². The molecule has 144 valence electrons. The number of carbonyl (C=O) groups excluding carboxylic acids is 2. The van der Waals surface area contributed by atoms with Gasteiger partial charge in [-0.1, -0.05) is 30.3 Å². The molecule has 7 nitrogen and oxygen atoms in total. The van der Waals surface area contributed by atoms with Crippen LogP contribution in [0, 0.1) is 0 Å². The van der Waals surface area contributed by atoms with Gasteiger partial charge in [-0.3, -0.25) is 4.79 Å². The van der Waals surface area contributed by atoms with E-state index in [1.165, 1.54) is 33.5 Å². The summed E-state index contributed by atoms with van der Waals surface area (Å²) in [7, 11) is 4.36. The van der Waals surface area contributed by atoms with Crippen LogP contribution in [0.15, 0.2) is 42.5 Å². The van der Waals surface area contributed by atoms with Gasteiger partial charge in [0, 0.05) is 12.1 Å². The third-order valence-electron chi connectivity index (χ3n) is 3.94. The number of esters is 1. The molecule has 7 heteroatoms. The molecule has 0 radical (unpaired) electrons. The second-order valence-corrected chi connectivity index (χ2v) is 5.68. The van der Waals surface area contributed by atoms with Crippen LogP contribution in [0.3, 0.4) is 0 Å². The largest absolute Gasteiger partial charge is 0.496 e. The van der Waals surface area contributed by atoms with E-state index in [0.717, 1.165) is 5.56 Å². The lowest BCUT2D eigenvalue weighted by Crippen LogP contribution is -2.31. The van der Waals surface area contributed by atoms with Crippen LogP contribution >= 0.6 is 0 Å². The molecule has 0 heterocycles. The van der Waals surface area contributed by atoms with E-state index in [9.17, 15) is 9.59 Å². The van der Waals surface area contributed by atoms with E-state index in [0.29, 0.717) is 11.5 Å². The SMILES string of the molecule is COc1cc(OC)c(C(=O)OCC(=O)NC(C)c2ccccc2)cc1OC. The monoisotopic (exact) mass is 373 g/mol. The Morgan fingerprint density at radius 3 is 2.11 bits per heavy atom. The summed E-state index contributed by atoms with van der Waals surface area (Å²) >= 11 is 0. The molecule has 0 aliphatic heterocycles. The van der Waals surface area contributed by atoms with Crippen molar-refractivity contribution in [3.63, 3.8) is 0 Å². The number of hydrogen-bond donors (Lipinski definition) is 1. The molecule has 0 saturated carbocycles. The maximum Gasteiger partial charge on any atom is 0.342 e. The molecule has 2 rings (SSSR count). The number of ether oxygens (including phenoxy) is 4. The highest BCUT2D eigenvalue weighted by molar-refractivity contribution is 5.95. The molecule has 27 heavy (non-hydrogen) atoms. The van der Waals surface area contributed by atoms with E-state index in [4.69, 9.17) is 18.9 Å². The number of nitrogens with one attached hydrogen (secondary N) is 1. The molecule has 0 aliphatic carbocycles. The van der Waals surface area contributed by atoms with E-state index in [-0.39, 0.29) is 17.4 Å². The minimum atomic E-state index is -0.699. The van der Waals surface area contributed by atoms with E-state index >= 15 is 0 Å². The fraction of sp³-hybridized carbons (Fsp3) is 0.300. The van der Waals surface area contributed by atoms with Gasteiger partial charge < -0.3 is 24.3 Å². The summed E-state index contributed by atoms with van der Waals surface area (Å²) in [6.45, 7) is 1.44. The van der Waals surface area contributed by atoms with Crippen molar-refractivity contribution in [2.75, 3.05) is 27.9 Å². The number of hydrogen-bond acceptors (Lipinski definition) is 6. The van der Waals surface area contributed by atoms with Crippen molar-refractivity contribution in [3.8, 4) is 17.2 Å². The first-order valence-corrected chi connectivity index (χ1v) is 8.31. The number of amides is 1. The molecule has 0 saturated heterocycles. The lowest BCUT2D eigenvalue weighted by atomic mass is 10.1. The Hall–Kier alpha value is -3.22. The lowest BCUT2D eigenvalue weighted by Gasteiger charge is -2.15. The number of carbonyl (C=O) groups is 2. The zero-order valence-corrected chi connectivity index (χ0v) is 15.8. The molecule has 0 spiro atoms. The van der Waals surface area contributed by atoms with Gasteiger partial charge in [0.05, 0.1) is 27.4 Å². The second kappa shape index (κ2) is 9.47. The van der Waals surface area contributed by atoms with Gasteiger partial charge in [-0.25, -0.2) is 4.79 Å². The molecular weight excluding hydrogens is 350 g/mol. The van der Waals surface area contributed by atoms with Crippen molar-refractivity contribution in [1.82, 2.24) is 5.32 Å². The highest BCUT2D eigenvalue weighted by atomic mass is 16.5. The first kappa shape index (κ1) is 20.1. The lowest BCUT2D eigenvalue weighted by molar-refractivity contribution is -0.124. The molecule has 0 aromatic heterocycles. The summed E-state index contributed by atoms with van der Waals surface area (Å²) in [5, 5.41) is 2.78. The molecule has 1 N–H and O–H groups in total. The molecule has 2 aromatic rings. The van der Waals surface area contributed by atoms with E-state index in [2.05, 4.69) is 5.32 Å². The fourth-order valence-corrected chi connectivity index (χ4v) is 2.51. The summed E-state index contributed by atoms with van der Waals surface area (Å²) in [6.07, 6.45) is 0. The molecule has 1 amide bonds. The first-order chi connectivity index (χ1) is 13.0. The van der Waals surface area contributed by atoms with Crippen molar-refractivity contribution in [1.29, 1.82) is 0 Å². The summed E-state index contributed by atoms with van der Waals surface area (Å²) in [5.41, 5.74) is 1.10. The van der Waals surface area contributed by atoms with Crippen LogP contribution in [0.4, 0.5) is 0 Å². The summed E-state index contributed by atoms with van der Waals surface area (Å²) in [6, 6.07) is 12.3. The Bertz CT molecular complexity index is 791. The Balaban J connectivity index is 2.01. The van der Waals surface area contributed by atoms with Gasteiger partial charge in [0.25, 0.3) is 5.91 Å². The average molecular weight is 373 g/mol. The van der Waals surface area contributed by atoms with Crippen LogP contribution in [-0.4, -0.2) is 39.8 Å². The van der Waals surface area contributed by atoms with Gasteiger partial charge >= 0.3 is 5.97 Å². The van der Waals surface area contributed by atoms with Crippen LogP contribution in [0.1, 0.15) is 28.9 Å². The highest BCUT2D eigenvalue weighted by Crippen LogP contribution is 2.34. The quantitative estimate of drug-likeness (QED) is 0.717.